The summed E-state index contributed by atoms with van der Waals surface area (Å²) in [6.07, 6.45) is 3.62. The molecule has 0 aliphatic heterocycles. The first kappa shape index (κ1) is 21.8. The molecule has 0 fully saturated rings. The Hall–Kier alpha value is -1.24. The Morgan fingerprint density at radius 1 is 1.13 bits per heavy atom. The highest BCUT2D eigenvalue weighted by molar-refractivity contribution is 8.14. The van der Waals surface area contributed by atoms with E-state index < -0.39 is 12.1 Å². The Bertz CT molecular complexity index is 385. The molecule has 0 heterocycles. The number of ether oxygens (including phenoxy) is 2. The third kappa shape index (κ3) is 14.1. The van der Waals surface area contributed by atoms with Gasteiger partial charge < -0.3 is 14.6 Å². The number of carbonyl (C=O) groups is 2. The molecule has 0 saturated heterocycles. The maximum atomic E-state index is 11.3. The summed E-state index contributed by atoms with van der Waals surface area (Å²) in [6.45, 7) is 8.89. The van der Waals surface area contributed by atoms with E-state index in [1.54, 1.807) is 6.92 Å². The zero-order chi connectivity index (χ0) is 17.7. The molecule has 1 amide bonds. The van der Waals surface area contributed by atoms with E-state index in [0.29, 0.717) is 18.4 Å². The SMILES string of the molecule is CCOC(=O)N=C(OCCC(C)CCCC(C)C)SCC(=O)O. The van der Waals surface area contributed by atoms with E-state index in [2.05, 4.69) is 25.8 Å². The minimum atomic E-state index is -0.989. The molecule has 1 unspecified atom stereocenters. The molecular weight excluding hydrogens is 318 g/mol. The molecule has 1 N–H and O–H groups in total. The zero-order valence-electron chi connectivity index (χ0n) is 14.5. The van der Waals surface area contributed by atoms with Gasteiger partial charge in [0.25, 0.3) is 5.23 Å². The highest BCUT2D eigenvalue weighted by atomic mass is 32.2. The smallest absolute Gasteiger partial charge is 0.437 e. The van der Waals surface area contributed by atoms with Gasteiger partial charge in [0.2, 0.25) is 0 Å². The summed E-state index contributed by atoms with van der Waals surface area (Å²) in [6, 6.07) is 0. The van der Waals surface area contributed by atoms with E-state index in [-0.39, 0.29) is 17.6 Å². The lowest BCUT2D eigenvalue weighted by atomic mass is 9.98. The van der Waals surface area contributed by atoms with Gasteiger partial charge in [-0.3, -0.25) is 4.79 Å². The van der Waals surface area contributed by atoms with Crippen molar-refractivity contribution in [3.8, 4) is 0 Å². The molecule has 0 aliphatic carbocycles. The van der Waals surface area contributed by atoms with Gasteiger partial charge in [0, 0.05) is 0 Å². The van der Waals surface area contributed by atoms with Crippen molar-refractivity contribution >= 4 is 29.1 Å². The summed E-state index contributed by atoms with van der Waals surface area (Å²) < 4.78 is 10.2. The minimum absolute atomic E-state index is 0.0558. The van der Waals surface area contributed by atoms with Crippen LogP contribution in [0.25, 0.3) is 0 Å². The summed E-state index contributed by atoms with van der Waals surface area (Å²) in [4.78, 5) is 25.6. The lowest BCUT2D eigenvalue weighted by molar-refractivity contribution is -0.133. The number of carbonyl (C=O) groups excluding carboxylic acids is 1. The molecule has 0 aromatic rings. The summed E-state index contributed by atoms with van der Waals surface area (Å²) in [5.41, 5.74) is 0. The second-order valence-corrected chi connectivity index (χ2v) is 6.75. The van der Waals surface area contributed by atoms with Crippen molar-refractivity contribution in [2.75, 3.05) is 19.0 Å². The number of thioether (sulfide) groups is 1. The predicted octanol–water partition coefficient (Wildman–Crippen LogP) is 4.19. The van der Waals surface area contributed by atoms with Crippen molar-refractivity contribution in [3.63, 3.8) is 0 Å². The normalized spacial score (nSPS) is 13.0. The minimum Gasteiger partial charge on any atom is -0.481 e. The first-order chi connectivity index (χ1) is 10.8. The molecule has 0 saturated carbocycles. The van der Waals surface area contributed by atoms with Gasteiger partial charge >= 0.3 is 12.1 Å². The maximum Gasteiger partial charge on any atom is 0.437 e. The number of amides is 1. The van der Waals surface area contributed by atoms with Crippen LogP contribution in [0.2, 0.25) is 0 Å². The lowest BCUT2D eigenvalue weighted by Gasteiger charge is -2.13. The van der Waals surface area contributed by atoms with Crippen LogP contribution in [0.4, 0.5) is 4.79 Å². The Labute approximate surface area is 143 Å². The number of carboxylic acids is 1. The van der Waals surface area contributed by atoms with Crippen molar-refractivity contribution in [2.24, 2.45) is 16.8 Å². The molecule has 0 rings (SSSR count). The van der Waals surface area contributed by atoms with E-state index >= 15 is 0 Å². The van der Waals surface area contributed by atoms with E-state index in [1.807, 2.05) is 0 Å². The van der Waals surface area contributed by atoms with E-state index in [0.717, 1.165) is 24.6 Å². The fourth-order valence-electron chi connectivity index (χ4n) is 1.83. The quantitative estimate of drug-likeness (QED) is 0.471. The number of rotatable bonds is 10. The first-order valence-corrected chi connectivity index (χ1v) is 9.06. The lowest BCUT2D eigenvalue weighted by Crippen LogP contribution is -2.12. The fourth-order valence-corrected chi connectivity index (χ4v) is 2.38. The molecule has 23 heavy (non-hydrogen) atoms. The summed E-state index contributed by atoms with van der Waals surface area (Å²) in [5, 5.41) is 8.76. The largest absolute Gasteiger partial charge is 0.481 e. The monoisotopic (exact) mass is 347 g/mol. The summed E-state index contributed by atoms with van der Waals surface area (Å²) in [7, 11) is 0. The summed E-state index contributed by atoms with van der Waals surface area (Å²) in [5.74, 6) is 0.0378. The molecule has 0 spiro atoms. The van der Waals surface area contributed by atoms with Crippen molar-refractivity contribution in [2.45, 2.75) is 53.4 Å². The number of carboxylic acid groups (broad SMARTS) is 1. The van der Waals surface area contributed by atoms with Gasteiger partial charge in [-0.15, -0.1) is 4.99 Å². The number of nitrogens with zero attached hydrogens (tertiary/aromatic N) is 1. The van der Waals surface area contributed by atoms with Crippen LogP contribution < -0.4 is 0 Å². The van der Waals surface area contributed by atoms with Gasteiger partial charge in [-0.2, -0.15) is 0 Å². The van der Waals surface area contributed by atoms with E-state index in [9.17, 15) is 9.59 Å². The van der Waals surface area contributed by atoms with Crippen molar-refractivity contribution in [1.29, 1.82) is 0 Å². The maximum absolute atomic E-state index is 11.3. The van der Waals surface area contributed by atoms with Gasteiger partial charge in [0.1, 0.15) is 5.75 Å². The molecule has 0 aliphatic rings. The number of aliphatic carboxylic acids is 1. The Morgan fingerprint density at radius 3 is 2.39 bits per heavy atom. The van der Waals surface area contributed by atoms with Gasteiger partial charge in [0.05, 0.1) is 13.2 Å². The molecular formula is C16H29NO5S. The van der Waals surface area contributed by atoms with Crippen LogP contribution in [0.15, 0.2) is 4.99 Å². The Balaban J connectivity index is 4.21. The molecule has 7 heteroatoms. The number of aliphatic imine (C=N–C) groups is 1. The number of hydrogen-bond donors (Lipinski definition) is 1. The van der Waals surface area contributed by atoms with Crippen molar-refractivity contribution in [3.05, 3.63) is 0 Å². The zero-order valence-corrected chi connectivity index (χ0v) is 15.4. The molecule has 0 aromatic carbocycles. The van der Waals surface area contributed by atoms with Crippen LogP contribution >= 0.6 is 11.8 Å². The van der Waals surface area contributed by atoms with Gasteiger partial charge in [0.15, 0.2) is 0 Å². The second-order valence-electron chi connectivity index (χ2n) is 5.83. The van der Waals surface area contributed by atoms with Gasteiger partial charge in [-0.25, -0.2) is 4.79 Å². The highest BCUT2D eigenvalue weighted by Gasteiger charge is 2.11. The fraction of sp³-hybridized carbons (Fsp3) is 0.812. The first-order valence-electron chi connectivity index (χ1n) is 8.07. The van der Waals surface area contributed by atoms with Crippen LogP contribution in [-0.2, 0) is 14.3 Å². The molecule has 0 aromatic heterocycles. The van der Waals surface area contributed by atoms with Gasteiger partial charge in [-0.05, 0) is 25.2 Å². The van der Waals surface area contributed by atoms with E-state index in [4.69, 9.17) is 14.6 Å². The standard InChI is InChI=1S/C16H29NO5S/c1-5-21-15(20)17-16(23-11-14(18)19)22-10-9-13(4)8-6-7-12(2)3/h12-13H,5-11H2,1-4H3,(H,18,19). The van der Waals surface area contributed by atoms with E-state index in [1.165, 1.54) is 12.8 Å². The van der Waals surface area contributed by atoms with Crippen LogP contribution in [-0.4, -0.2) is 41.4 Å². The van der Waals surface area contributed by atoms with Crippen LogP contribution in [0.3, 0.4) is 0 Å². The number of hydrogen-bond acceptors (Lipinski definition) is 5. The molecule has 134 valence electrons. The van der Waals surface area contributed by atoms with Crippen LogP contribution in [0, 0.1) is 11.8 Å². The average molecular weight is 347 g/mol. The third-order valence-electron chi connectivity index (χ3n) is 3.08. The molecule has 0 bridgehead atoms. The second kappa shape index (κ2) is 13.2. The Morgan fingerprint density at radius 2 is 1.83 bits per heavy atom. The predicted molar refractivity (Wildman–Crippen MR) is 93.0 cm³/mol. The highest BCUT2D eigenvalue weighted by Crippen LogP contribution is 2.16. The van der Waals surface area contributed by atoms with Crippen molar-refractivity contribution < 1.29 is 24.2 Å². The topological polar surface area (TPSA) is 85.2 Å². The van der Waals surface area contributed by atoms with Crippen LogP contribution in [0.1, 0.15) is 53.4 Å². The van der Waals surface area contributed by atoms with Gasteiger partial charge in [-0.1, -0.05) is 51.8 Å². The Kier molecular flexibility index (Phi) is 12.5. The molecule has 0 radical (unpaired) electrons. The van der Waals surface area contributed by atoms with Crippen LogP contribution in [0.5, 0.6) is 0 Å². The molecule has 6 nitrogen and oxygen atoms in total. The van der Waals surface area contributed by atoms with Crippen molar-refractivity contribution in [1.82, 2.24) is 0 Å². The average Bonchev–Trinajstić information content (AvgIpc) is 2.44. The third-order valence-corrected chi connectivity index (χ3v) is 3.93. The summed E-state index contributed by atoms with van der Waals surface area (Å²) >= 11 is 0.885. The molecule has 1 atom stereocenters.